The average Bonchev–Trinajstić information content (AvgIpc) is 3.30. The normalized spacial score (nSPS) is 15.0. The van der Waals surface area contributed by atoms with Gasteiger partial charge in [0.05, 0.1) is 34.4 Å². The van der Waals surface area contributed by atoms with E-state index in [-0.39, 0.29) is 36.7 Å². The summed E-state index contributed by atoms with van der Waals surface area (Å²) < 4.78 is 18.9. The summed E-state index contributed by atoms with van der Waals surface area (Å²) in [6, 6.07) is 10.0. The van der Waals surface area contributed by atoms with Crippen LogP contribution in [0.5, 0.6) is 11.5 Å². The maximum absolute atomic E-state index is 12.9. The molecule has 35 heavy (non-hydrogen) atoms. The highest BCUT2D eigenvalue weighted by molar-refractivity contribution is 7.16. The van der Waals surface area contributed by atoms with Crippen molar-refractivity contribution in [1.29, 1.82) is 0 Å². The highest BCUT2D eigenvalue weighted by Crippen LogP contribution is 2.35. The van der Waals surface area contributed by atoms with Gasteiger partial charge in [-0.05, 0) is 19.1 Å². The molecule has 2 aromatic carbocycles. The standard InChI is InChI=1S/C24H21N3O7S/c1-2-32-21(29)7-8-26-16-11-17-18(34-10-9-33-17)12-19(16)35-24(26)25-20(28)13-27-22(30)14-5-3-4-6-15(14)23(27)31/h3-6,11-12H,2,7-10,13H2,1H3. The molecule has 0 bridgehead atoms. The smallest absolute Gasteiger partial charge is 0.307 e. The molecular weight excluding hydrogens is 474 g/mol. The van der Waals surface area contributed by atoms with E-state index in [9.17, 15) is 19.2 Å². The van der Waals surface area contributed by atoms with Crippen LogP contribution in [-0.4, -0.2) is 59.5 Å². The third-order valence-corrected chi connectivity index (χ3v) is 6.62. The van der Waals surface area contributed by atoms with Crippen molar-refractivity contribution in [2.45, 2.75) is 19.9 Å². The van der Waals surface area contributed by atoms with Gasteiger partial charge in [-0.15, -0.1) is 0 Å². The number of imide groups is 1. The Balaban J connectivity index is 1.48. The van der Waals surface area contributed by atoms with Crippen LogP contribution in [0.4, 0.5) is 0 Å². The first kappa shape index (κ1) is 22.8. The SMILES string of the molecule is CCOC(=O)CCn1c(=NC(=O)CN2C(=O)c3ccccc3C2=O)sc2cc3c(cc21)OCCO3. The summed E-state index contributed by atoms with van der Waals surface area (Å²) in [5, 5.41) is 0. The van der Waals surface area contributed by atoms with Gasteiger partial charge >= 0.3 is 5.97 Å². The Morgan fingerprint density at radius 1 is 1.06 bits per heavy atom. The molecule has 3 heterocycles. The van der Waals surface area contributed by atoms with Gasteiger partial charge in [-0.3, -0.25) is 24.1 Å². The first-order chi connectivity index (χ1) is 17.0. The summed E-state index contributed by atoms with van der Waals surface area (Å²) in [6.07, 6.45) is 0.0773. The van der Waals surface area contributed by atoms with Crippen molar-refractivity contribution in [2.75, 3.05) is 26.4 Å². The number of benzene rings is 2. The predicted molar refractivity (Wildman–Crippen MR) is 124 cm³/mol. The van der Waals surface area contributed by atoms with Crippen LogP contribution < -0.4 is 14.3 Å². The van der Waals surface area contributed by atoms with E-state index in [0.717, 1.165) is 15.1 Å². The number of amides is 3. The van der Waals surface area contributed by atoms with E-state index in [4.69, 9.17) is 14.2 Å². The fraction of sp³-hybridized carbons (Fsp3) is 0.292. The van der Waals surface area contributed by atoms with E-state index in [1.807, 2.05) is 6.07 Å². The molecule has 0 fully saturated rings. The number of fused-ring (bicyclic) bond motifs is 3. The first-order valence-electron chi connectivity index (χ1n) is 11.1. The van der Waals surface area contributed by atoms with Crippen LogP contribution >= 0.6 is 11.3 Å². The van der Waals surface area contributed by atoms with Crippen LogP contribution in [-0.2, 0) is 20.9 Å². The highest BCUT2D eigenvalue weighted by Gasteiger charge is 2.36. The summed E-state index contributed by atoms with van der Waals surface area (Å²) >= 11 is 1.24. The number of carbonyl (C=O) groups is 4. The fourth-order valence-corrected chi connectivity index (χ4v) is 5.09. The second kappa shape index (κ2) is 9.34. The lowest BCUT2D eigenvalue weighted by atomic mass is 10.1. The van der Waals surface area contributed by atoms with Gasteiger partial charge in [0.25, 0.3) is 17.7 Å². The second-order valence-electron chi connectivity index (χ2n) is 7.80. The van der Waals surface area contributed by atoms with Crippen LogP contribution in [0.25, 0.3) is 10.2 Å². The minimum absolute atomic E-state index is 0.0773. The van der Waals surface area contributed by atoms with E-state index in [1.54, 1.807) is 41.8 Å². The van der Waals surface area contributed by atoms with E-state index >= 15 is 0 Å². The van der Waals surface area contributed by atoms with Crippen LogP contribution in [0.2, 0.25) is 0 Å². The largest absolute Gasteiger partial charge is 0.486 e. The average molecular weight is 496 g/mol. The van der Waals surface area contributed by atoms with Crippen molar-refractivity contribution >= 4 is 45.2 Å². The number of thiazole rings is 1. The van der Waals surface area contributed by atoms with Crippen molar-refractivity contribution in [1.82, 2.24) is 9.47 Å². The Bertz CT molecular complexity index is 1400. The van der Waals surface area contributed by atoms with Gasteiger partial charge < -0.3 is 18.8 Å². The molecule has 0 saturated heterocycles. The number of nitrogens with zero attached hydrogens (tertiary/aromatic N) is 3. The number of carbonyl (C=O) groups excluding carboxylic acids is 4. The van der Waals surface area contributed by atoms with E-state index < -0.39 is 24.3 Å². The molecule has 0 spiro atoms. The van der Waals surface area contributed by atoms with Crippen molar-refractivity contribution in [3.05, 3.63) is 52.3 Å². The van der Waals surface area contributed by atoms with Crippen LogP contribution in [0.3, 0.4) is 0 Å². The summed E-state index contributed by atoms with van der Waals surface area (Å²) in [4.78, 5) is 55.5. The maximum Gasteiger partial charge on any atom is 0.307 e. The first-order valence-corrected chi connectivity index (χ1v) is 11.9. The number of ether oxygens (including phenoxy) is 3. The molecule has 0 radical (unpaired) electrons. The van der Waals surface area contributed by atoms with Gasteiger partial charge in [0.15, 0.2) is 16.3 Å². The number of hydrogen-bond donors (Lipinski definition) is 0. The van der Waals surface area contributed by atoms with Crippen molar-refractivity contribution in [3.8, 4) is 11.5 Å². The molecule has 1 aromatic heterocycles. The molecule has 3 amide bonds. The predicted octanol–water partition coefficient (Wildman–Crippen LogP) is 2.15. The summed E-state index contributed by atoms with van der Waals surface area (Å²) in [5.74, 6) is -0.930. The summed E-state index contributed by atoms with van der Waals surface area (Å²) in [5.41, 5.74) is 1.25. The van der Waals surface area contributed by atoms with Crippen molar-refractivity contribution in [3.63, 3.8) is 0 Å². The Kier molecular flexibility index (Phi) is 6.08. The van der Waals surface area contributed by atoms with Crippen molar-refractivity contribution in [2.24, 2.45) is 4.99 Å². The second-order valence-corrected chi connectivity index (χ2v) is 8.81. The maximum atomic E-state index is 12.9. The van der Waals surface area contributed by atoms with Crippen LogP contribution in [0, 0.1) is 0 Å². The monoisotopic (exact) mass is 495 g/mol. The van der Waals surface area contributed by atoms with Crippen LogP contribution in [0.15, 0.2) is 41.4 Å². The number of aromatic nitrogens is 1. The van der Waals surface area contributed by atoms with Gasteiger partial charge in [0.2, 0.25) is 0 Å². The lowest BCUT2D eigenvalue weighted by molar-refractivity contribution is -0.143. The number of hydrogen-bond acceptors (Lipinski definition) is 8. The van der Waals surface area contributed by atoms with Crippen molar-refractivity contribution < 1.29 is 33.4 Å². The molecule has 2 aliphatic rings. The molecule has 0 unspecified atom stereocenters. The topological polar surface area (TPSA) is 116 Å². The highest BCUT2D eigenvalue weighted by atomic mass is 32.1. The molecule has 0 saturated carbocycles. The molecular formula is C24H21N3O7S. The van der Waals surface area contributed by atoms with Gasteiger partial charge in [-0.25, -0.2) is 0 Å². The minimum Gasteiger partial charge on any atom is -0.486 e. The van der Waals surface area contributed by atoms with Gasteiger partial charge in [0.1, 0.15) is 19.8 Å². The summed E-state index contributed by atoms with van der Waals surface area (Å²) in [6.45, 7) is 2.58. The molecule has 5 rings (SSSR count). The molecule has 0 aliphatic carbocycles. The lowest BCUT2D eigenvalue weighted by Gasteiger charge is -2.18. The number of aryl methyl sites for hydroxylation is 1. The molecule has 180 valence electrons. The van der Waals surface area contributed by atoms with Crippen LogP contribution in [0.1, 0.15) is 34.1 Å². The quantitative estimate of drug-likeness (QED) is 0.380. The molecule has 10 nitrogen and oxygen atoms in total. The Hall–Kier alpha value is -3.99. The fourth-order valence-electron chi connectivity index (χ4n) is 4.00. The van der Waals surface area contributed by atoms with Gasteiger partial charge in [-0.1, -0.05) is 23.5 Å². The van der Waals surface area contributed by atoms with E-state index in [0.29, 0.717) is 29.5 Å². The Labute approximate surface area is 203 Å². The Morgan fingerprint density at radius 3 is 2.37 bits per heavy atom. The minimum atomic E-state index is -0.659. The molecule has 0 atom stereocenters. The lowest BCUT2D eigenvalue weighted by Crippen LogP contribution is -2.35. The van der Waals surface area contributed by atoms with E-state index in [2.05, 4.69) is 4.99 Å². The molecule has 11 heteroatoms. The van der Waals surface area contributed by atoms with Gasteiger partial charge in [-0.2, -0.15) is 4.99 Å². The molecule has 0 N–H and O–H groups in total. The summed E-state index contributed by atoms with van der Waals surface area (Å²) in [7, 11) is 0. The van der Waals surface area contributed by atoms with E-state index in [1.165, 1.54) is 11.3 Å². The van der Waals surface area contributed by atoms with Gasteiger partial charge in [0, 0.05) is 18.7 Å². The molecule has 2 aliphatic heterocycles. The number of esters is 1. The third-order valence-electron chi connectivity index (χ3n) is 5.58. The Morgan fingerprint density at radius 2 is 1.71 bits per heavy atom. The third kappa shape index (κ3) is 4.30. The number of rotatable bonds is 6. The molecule has 3 aromatic rings. The zero-order valence-electron chi connectivity index (χ0n) is 18.8. The zero-order valence-corrected chi connectivity index (χ0v) is 19.6. The zero-order chi connectivity index (χ0) is 24.5.